The van der Waals surface area contributed by atoms with Crippen LogP contribution in [-0.4, -0.2) is 26.4 Å². The van der Waals surface area contributed by atoms with Crippen molar-refractivity contribution in [2.45, 2.75) is 86.6 Å². The van der Waals surface area contributed by atoms with Crippen LogP contribution in [0.4, 0.5) is 0 Å². The highest BCUT2D eigenvalue weighted by Crippen LogP contribution is 2.85. The van der Waals surface area contributed by atoms with Gasteiger partial charge in [0.25, 0.3) is 3.81 Å². The zero-order valence-corrected chi connectivity index (χ0v) is 29.8. The second-order valence-electron chi connectivity index (χ2n) is 8.37. The molecule has 0 radical (unpaired) electrons. The van der Waals surface area contributed by atoms with Crippen molar-refractivity contribution < 1.29 is 27.2 Å². The molecule has 0 atom stereocenters. The fourth-order valence-electron chi connectivity index (χ4n) is 3.10. The minimum absolute atomic E-state index is 0.0955. The normalized spacial score (nSPS) is 13.0. The summed E-state index contributed by atoms with van der Waals surface area (Å²) in [4.78, 5) is 0. The van der Waals surface area contributed by atoms with Crippen LogP contribution in [0.15, 0.2) is 22.7 Å². The summed E-state index contributed by atoms with van der Waals surface area (Å²) in [5.41, 5.74) is 1.35. The maximum atomic E-state index is 14.8. The Labute approximate surface area is 251 Å². The van der Waals surface area contributed by atoms with E-state index in [0.717, 1.165) is 31.2 Å². The van der Waals surface area contributed by atoms with Crippen LogP contribution < -0.4 is 0 Å². The molecule has 1 aromatic carbocycles. The van der Waals surface area contributed by atoms with E-state index in [-0.39, 0.29) is 30.2 Å². The summed E-state index contributed by atoms with van der Waals surface area (Å²) in [6.07, 6.45) is 6.09. The Bertz CT molecular complexity index is 805. The third kappa shape index (κ3) is 9.52. The Morgan fingerprint density at radius 2 is 1.11 bits per heavy atom. The minimum atomic E-state index is -4.16. The Morgan fingerprint density at radius 1 is 0.750 bits per heavy atom. The second kappa shape index (κ2) is 18.0. The number of benzene rings is 1. The molecule has 0 saturated carbocycles. The minimum Gasteiger partial charge on any atom is -0.307 e. The van der Waals surface area contributed by atoms with E-state index in [1.54, 1.807) is 6.07 Å². The fourth-order valence-corrected chi connectivity index (χ4v) is 11.7. The lowest BCUT2D eigenvalue weighted by molar-refractivity contribution is 0.173. The first-order valence-electron chi connectivity index (χ1n) is 12.6. The van der Waals surface area contributed by atoms with Crippen LogP contribution in [0.25, 0.3) is 0 Å². The molecule has 0 aliphatic rings. The predicted molar refractivity (Wildman–Crippen MR) is 164 cm³/mol. The molecule has 0 aliphatic carbocycles. The summed E-state index contributed by atoms with van der Waals surface area (Å²) < 4.78 is 52.4. The van der Waals surface area contributed by atoms with Crippen molar-refractivity contribution in [1.82, 2.24) is 0 Å². The second-order valence-corrected chi connectivity index (χ2v) is 19.4. The average molecular weight is 806 g/mol. The molecule has 0 bridgehead atoms. The summed E-state index contributed by atoms with van der Waals surface area (Å²) in [6, 6.07) is 5.49. The highest BCUT2D eigenvalue weighted by Gasteiger charge is 2.66. The lowest BCUT2D eigenvalue weighted by Gasteiger charge is -2.39. The van der Waals surface area contributed by atoms with Gasteiger partial charge in [0.15, 0.2) is 0 Å². The molecule has 1 rings (SSSR count). The van der Waals surface area contributed by atoms with Crippen LogP contribution in [0.2, 0.25) is 0 Å². The smallest absolute Gasteiger partial charge is 0.307 e. The molecule has 1 aromatic rings. The maximum absolute atomic E-state index is 14.8. The maximum Gasteiger partial charge on any atom is 0.364 e. The van der Waals surface area contributed by atoms with Gasteiger partial charge in [-0.1, -0.05) is 129 Å². The molecule has 36 heavy (non-hydrogen) atoms. The summed E-state index contributed by atoms with van der Waals surface area (Å²) >= 11 is 14.3. The summed E-state index contributed by atoms with van der Waals surface area (Å²) in [6.45, 7) is 8.85. The van der Waals surface area contributed by atoms with E-state index in [9.17, 15) is 9.13 Å². The van der Waals surface area contributed by atoms with E-state index < -0.39 is 19.0 Å². The largest absolute Gasteiger partial charge is 0.364 e. The van der Waals surface area contributed by atoms with Crippen molar-refractivity contribution >= 4 is 78.9 Å². The van der Waals surface area contributed by atoms with Crippen LogP contribution in [0.3, 0.4) is 0 Å². The monoisotopic (exact) mass is 802 g/mol. The molecule has 0 fully saturated rings. The predicted octanol–water partition coefficient (Wildman–Crippen LogP) is 11.4. The van der Waals surface area contributed by atoms with Crippen LogP contribution in [0.1, 0.15) is 93.9 Å². The van der Waals surface area contributed by atoms with Crippen molar-refractivity contribution in [3.05, 3.63) is 33.8 Å². The van der Waals surface area contributed by atoms with Gasteiger partial charge in [-0.15, -0.1) is 0 Å². The SMILES string of the molecule is CCCCOP(=O)(OCCCC)C(Br)(c1ccc(C(Br)Br)cc1Br)P(=O)(OCCCC)OCCCC. The number of rotatable bonds is 20. The van der Waals surface area contributed by atoms with E-state index in [4.69, 9.17) is 18.1 Å². The summed E-state index contributed by atoms with van der Waals surface area (Å²) in [5.74, 6) is 0. The zero-order valence-electron chi connectivity index (χ0n) is 21.7. The van der Waals surface area contributed by atoms with E-state index in [1.807, 2.05) is 39.8 Å². The highest BCUT2D eigenvalue weighted by molar-refractivity contribution is 9.24. The first-order valence-corrected chi connectivity index (χ1v) is 19.1. The topological polar surface area (TPSA) is 71.1 Å². The van der Waals surface area contributed by atoms with Gasteiger partial charge in [0, 0.05) is 10.0 Å². The van der Waals surface area contributed by atoms with Gasteiger partial charge >= 0.3 is 15.2 Å². The molecule has 0 amide bonds. The van der Waals surface area contributed by atoms with Crippen molar-refractivity contribution in [3.63, 3.8) is 0 Å². The number of alkyl halides is 3. The lowest BCUT2D eigenvalue weighted by Crippen LogP contribution is -2.26. The molecule has 0 saturated heterocycles. The third-order valence-corrected chi connectivity index (χ3v) is 15.6. The first kappa shape index (κ1) is 35.5. The number of unbranched alkanes of at least 4 members (excludes halogenated alkanes) is 4. The molecule has 0 unspecified atom stereocenters. The molecule has 0 aromatic heterocycles. The molecule has 0 N–H and O–H groups in total. The van der Waals surface area contributed by atoms with E-state index in [0.29, 0.717) is 35.7 Å². The molecular formula is C24H40Br4O6P2. The van der Waals surface area contributed by atoms with E-state index in [2.05, 4.69) is 63.7 Å². The van der Waals surface area contributed by atoms with Gasteiger partial charge in [0.2, 0.25) is 0 Å². The Hall–Kier alpha value is 1.44. The molecule has 210 valence electrons. The van der Waals surface area contributed by atoms with E-state index in [1.165, 1.54) is 0 Å². The van der Waals surface area contributed by atoms with Crippen LogP contribution in [0.5, 0.6) is 0 Å². The van der Waals surface area contributed by atoms with E-state index >= 15 is 0 Å². The molecule has 6 nitrogen and oxygen atoms in total. The standard InChI is InChI=1S/C24H40Br4O6P2/c1-5-9-15-31-35(29,32-16-10-6-2)24(28,21-14-13-20(23(26)27)19-22(21)25)36(30,33-17-11-7-3)34-18-12-8-4/h13-14,19,23H,5-12,15-18H2,1-4H3. The van der Waals surface area contributed by atoms with Gasteiger partial charge in [-0.3, -0.25) is 9.13 Å². The van der Waals surface area contributed by atoms with Gasteiger partial charge in [-0.05, 0) is 37.3 Å². The fraction of sp³-hybridized carbons (Fsp3) is 0.750. The Morgan fingerprint density at radius 3 is 1.39 bits per heavy atom. The molecule has 0 aliphatic heterocycles. The van der Waals surface area contributed by atoms with Gasteiger partial charge in [-0.2, -0.15) is 0 Å². The van der Waals surface area contributed by atoms with Crippen molar-refractivity contribution in [3.8, 4) is 0 Å². The molecule has 12 heteroatoms. The Balaban J connectivity index is 3.84. The van der Waals surface area contributed by atoms with Crippen LogP contribution in [-0.2, 0) is 31.0 Å². The average Bonchev–Trinajstić information content (AvgIpc) is 2.84. The number of hydrogen-bond acceptors (Lipinski definition) is 6. The van der Waals surface area contributed by atoms with Gasteiger partial charge in [0.1, 0.15) is 0 Å². The first-order chi connectivity index (χ1) is 17.1. The quantitative estimate of drug-likeness (QED) is 0.0743. The lowest BCUT2D eigenvalue weighted by atomic mass is 10.2. The Kier molecular flexibility index (Phi) is 17.7. The van der Waals surface area contributed by atoms with Gasteiger partial charge in [-0.25, -0.2) is 0 Å². The molecule has 0 spiro atoms. The van der Waals surface area contributed by atoms with Crippen molar-refractivity contribution in [1.29, 1.82) is 0 Å². The highest BCUT2D eigenvalue weighted by atomic mass is 79.9. The number of hydrogen-bond donors (Lipinski definition) is 0. The number of halogens is 4. The van der Waals surface area contributed by atoms with Crippen molar-refractivity contribution in [2.75, 3.05) is 26.4 Å². The summed E-state index contributed by atoms with van der Waals surface area (Å²) in [7, 11) is -8.31. The zero-order chi connectivity index (χ0) is 27.2. The molecule has 0 heterocycles. The van der Waals surface area contributed by atoms with Crippen LogP contribution >= 0.6 is 78.9 Å². The molecular weight excluding hydrogens is 766 g/mol. The van der Waals surface area contributed by atoms with Crippen LogP contribution in [0, 0.1) is 0 Å². The van der Waals surface area contributed by atoms with Gasteiger partial charge in [0.05, 0.1) is 30.2 Å². The third-order valence-electron chi connectivity index (χ3n) is 5.35. The summed E-state index contributed by atoms with van der Waals surface area (Å²) in [5, 5.41) is 0. The van der Waals surface area contributed by atoms with Gasteiger partial charge < -0.3 is 18.1 Å². The van der Waals surface area contributed by atoms with Crippen molar-refractivity contribution in [2.24, 2.45) is 0 Å².